The Morgan fingerprint density at radius 3 is 2.35 bits per heavy atom. The number of alkyl halides is 3. The number of thioether (sulfide) groups is 1. The Kier molecular flexibility index (Phi) is 7.21. The van der Waals surface area contributed by atoms with Gasteiger partial charge in [0.15, 0.2) is 0 Å². The Morgan fingerprint density at radius 1 is 1.29 bits per heavy atom. The minimum absolute atomic E-state index is 0.281. The summed E-state index contributed by atoms with van der Waals surface area (Å²) in [6, 6.07) is -0.934. The maximum Gasteiger partial charge on any atom is 0.450 e. The van der Waals surface area contributed by atoms with E-state index in [0.717, 1.165) is 11.8 Å². The zero-order valence-electron chi connectivity index (χ0n) is 9.00. The number of unbranched alkanes of at least 4 members (excludes halogenated alkanes) is 1. The van der Waals surface area contributed by atoms with Gasteiger partial charge in [0.1, 0.15) is 6.04 Å². The number of hydrogen-bond donors (Lipinski definition) is 2. The molecule has 0 aliphatic carbocycles. The highest BCUT2D eigenvalue weighted by molar-refractivity contribution is 7.99. The number of carboxylic acids is 1. The average molecular weight is 273 g/mol. The van der Waals surface area contributed by atoms with Crippen molar-refractivity contribution < 1.29 is 27.9 Å². The molecule has 0 heterocycles. The van der Waals surface area contributed by atoms with E-state index < -0.39 is 29.7 Å². The van der Waals surface area contributed by atoms with Gasteiger partial charge in [-0.1, -0.05) is 6.42 Å². The van der Waals surface area contributed by atoms with Crippen LogP contribution in [0.25, 0.3) is 0 Å². The molecule has 0 aromatic heterocycles. The Bertz CT molecular complexity index is 271. The normalized spacial score (nSPS) is 13.4. The van der Waals surface area contributed by atoms with E-state index in [1.54, 1.807) is 0 Å². The Labute approximate surface area is 101 Å². The molecule has 0 aromatic carbocycles. The van der Waals surface area contributed by atoms with E-state index in [4.69, 9.17) is 10.8 Å². The number of carbonyl (C=O) groups is 2. The molecule has 0 saturated carbocycles. The van der Waals surface area contributed by atoms with Crippen molar-refractivity contribution in [3.63, 3.8) is 0 Å². The van der Waals surface area contributed by atoms with Crippen molar-refractivity contribution in [3.8, 4) is 0 Å². The van der Waals surface area contributed by atoms with E-state index in [9.17, 15) is 22.8 Å². The molecule has 8 heteroatoms. The number of Topliss-reactive ketones (excluding diaryl/α,β-unsaturated/α-hetero) is 1. The molecule has 0 rings (SSSR count). The van der Waals surface area contributed by atoms with Gasteiger partial charge in [-0.3, -0.25) is 9.59 Å². The van der Waals surface area contributed by atoms with Crippen LogP contribution in [0.15, 0.2) is 0 Å². The zero-order valence-corrected chi connectivity index (χ0v) is 9.81. The van der Waals surface area contributed by atoms with Crippen molar-refractivity contribution in [2.75, 3.05) is 11.5 Å². The summed E-state index contributed by atoms with van der Waals surface area (Å²) < 4.78 is 35.3. The third-order valence-corrected chi connectivity index (χ3v) is 2.96. The van der Waals surface area contributed by atoms with Gasteiger partial charge in [0.25, 0.3) is 0 Å². The summed E-state index contributed by atoms with van der Waals surface area (Å²) in [7, 11) is 0. The van der Waals surface area contributed by atoms with Gasteiger partial charge in [-0.25, -0.2) is 0 Å². The predicted octanol–water partition coefficient (Wildman–Crippen LogP) is 1.43. The van der Waals surface area contributed by atoms with Gasteiger partial charge in [-0.2, -0.15) is 24.9 Å². The van der Waals surface area contributed by atoms with Crippen LogP contribution in [-0.4, -0.2) is 40.6 Å². The predicted molar refractivity (Wildman–Crippen MR) is 57.8 cm³/mol. The molecule has 1 unspecified atom stereocenters. The lowest BCUT2D eigenvalue weighted by Crippen LogP contribution is -2.29. The molecule has 0 saturated heterocycles. The third-order valence-electron chi connectivity index (χ3n) is 1.92. The van der Waals surface area contributed by atoms with Crippen LogP contribution < -0.4 is 5.73 Å². The fourth-order valence-electron chi connectivity index (χ4n) is 0.939. The minimum Gasteiger partial charge on any atom is -0.480 e. The molecule has 17 heavy (non-hydrogen) atoms. The van der Waals surface area contributed by atoms with Crippen molar-refractivity contribution in [1.29, 1.82) is 0 Å². The molecule has 100 valence electrons. The first-order chi connectivity index (χ1) is 7.75. The molecule has 0 aromatic rings. The standard InChI is InChI=1S/C9H14F3NO3S/c10-9(11,12)7(14)5-17-4-2-1-3-6(13)8(15)16/h6H,1-5,13H2,(H,15,16). The van der Waals surface area contributed by atoms with Gasteiger partial charge in [-0.15, -0.1) is 0 Å². The van der Waals surface area contributed by atoms with E-state index in [-0.39, 0.29) is 6.42 Å². The van der Waals surface area contributed by atoms with Crippen LogP contribution in [0.3, 0.4) is 0 Å². The minimum atomic E-state index is -4.77. The molecular formula is C9H14F3NO3S. The van der Waals surface area contributed by atoms with Crippen molar-refractivity contribution in [1.82, 2.24) is 0 Å². The smallest absolute Gasteiger partial charge is 0.450 e. The summed E-state index contributed by atoms with van der Waals surface area (Å²) in [5.74, 6) is -3.04. The van der Waals surface area contributed by atoms with Crippen molar-refractivity contribution in [3.05, 3.63) is 0 Å². The van der Waals surface area contributed by atoms with Crippen LogP contribution in [0.2, 0.25) is 0 Å². The highest BCUT2D eigenvalue weighted by Gasteiger charge is 2.37. The molecule has 0 bridgehead atoms. The van der Waals surface area contributed by atoms with Crippen LogP contribution in [0, 0.1) is 0 Å². The summed E-state index contributed by atoms with van der Waals surface area (Å²) in [6.45, 7) is 0. The summed E-state index contributed by atoms with van der Waals surface area (Å²) >= 11 is 0.891. The number of rotatable bonds is 8. The summed E-state index contributed by atoms with van der Waals surface area (Å²) in [5, 5.41) is 8.45. The Balaban J connectivity index is 3.48. The average Bonchev–Trinajstić information content (AvgIpc) is 2.20. The lowest BCUT2D eigenvalue weighted by Gasteiger charge is -2.06. The monoisotopic (exact) mass is 273 g/mol. The van der Waals surface area contributed by atoms with Gasteiger partial charge in [0, 0.05) is 0 Å². The number of nitrogens with two attached hydrogens (primary N) is 1. The molecule has 0 aliphatic heterocycles. The maximum absolute atomic E-state index is 11.8. The number of carbonyl (C=O) groups excluding carboxylic acids is 1. The molecule has 0 radical (unpaired) electrons. The summed E-state index contributed by atoms with van der Waals surface area (Å²) in [6.07, 6.45) is -3.43. The number of halogens is 3. The fourth-order valence-corrected chi connectivity index (χ4v) is 1.84. The molecule has 0 fully saturated rings. The SMILES string of the molecule is NC(CCCCSCC(=O)C(F)(F)F)C(=O)O. The second kappa shape index (κ2) is 7.54. The largest absolute Gasteiger partial charge is 0.480 e. The Morgan fingerprint density at radius 2 is 1.88 bits per heavy atom. The highest BCUT2D eigenvalue weighted by Crippen LogP contribution is 2.19. The molecule has 0 amide bonds. The van der Waals surface area contributed by atoms with Gasteiger partial charge in [0.2, 0.25) is 5.78 Å². The third kappa shape index (κ3) is 8.03. The molecule has 1 atom stereocenters. The van der Waals surface area contributed by atoms with Crippen molar-refractivity contribution in [2.24, 2.45) is 5.73 Å². The first kappa shape index (κ1) is 16.2. The quantitative estimate of drug-likeness (QED) is 0.654. The van der Waals surface area contributed by atoms with Crippen LogP contribution >= 0.6 is 11.8 Å². The van der Waals surface area contributed by atoms with Crippen LogP contribution in [-0.2, 0) is 9.59 Å². The van der Waals surface area contributed by atoms with Crippen LogP contribution in [0.5, 0.6) is 0 Å². The topological polar surface area (TPSA) is 80.4 Å². The van der Waals surface area contributed by atoms with Crippen LogP contribution in [0.4, 0.5) is 13.2 Å². The molecule has 0 aliphatic rings. The van der Waals surface area contributed by atoms with E-state index in [0.29, 0.717) is 18.6 Å². The second-order valence-electron chi connectivity index (χ2n) is 3.41. The van der Waals surface area contributed by atoms with Gasteiger partial charge in [-0.05, 0) is 18.6 Å². The first-order valence-electron chi connectivity index (χ1n) is 4.91. The van der Waals surface area contributed by atoms with Gasteiger partial charge >= 0.3 is 12.1 Å². The number of carboxylic acid groups (broad SMARTS) is 1. The second-order valence-corrected chi connectivity index (χ2v) is 4.52. The molecular weight excluding hydrogens is 259 g/mol. The highest BCUT2D eigenvalue weighted by atomic mass is 32.2. The molecule has 4 nitrogen and oxygen atoms in total. The molecule has 0 spiro atoms. The van der Waals surface area contributed by atoms with Crippen molar-refractivity contribution >= 4 is 23.5 Å². The number of hydrogen-bond acceptors (Lipinski definition) is 4. The van der Waals surface area contributed by atoms with Gasteiger partial charge in [0.05, 0.1) is 5.75 Å². The lowest BCUT2D eigenvalue weighted by atomic mass is 10.1. The Hall–Kier alpha value is -0.760. The fraction of sp³-hybridized carbons (Fsp3) is 0.778. The lowest BCUT2D eigenvalue weighted by molar-refractivity contribution is -0.167. The number of aliphatic carboxylic acids is 1. The maximum atomic E-state index is 11.8. The summed E-state index contributed by atoms with van der Waals surface area (Å²) in [5.41, 5.74) is 5.23. The van der Waals surface area contributed by atoms with E-state index in [2.05, 4.69) is 0 Å². The van der Waals surface area contributed by atoms with E-state index >= 15 is 0 Å². The van der Waals surface area contributed by atoms with Crippen LogP contribution in [0.1, 0.15) is 19.3 Å². The summed E-state index contributed by atoms with van der Waals surface area (Å²) in [4.78, 5) is 20.8. The van der Waals surface area contributed by atoms with E-state index in [1.807, 2.05) is 0 Å². The first-order valence-corrected chi connectivity index (χ1v) is 6.06. The molecule has 3 N–H and O–H groups in total. The van der Waals surface area contributed by atoms with E-state index in [1.165, 1.54) is 0 Å². The van der Waals surface area contributed by atoms with Gasteiger partial charge < -0.3 is 10.8 Å². The van der Waals surface area contributed by atoms with Crippen molar-refractivity contribution in [2.45, 2.75) is 31.5 Å². The zero-order chi connectivity index (χ0) is 13.5. The number of ketones is 1.